The molecule has 2 atom stereocenters. The summed E-state index contributed by atoms with van der Waals surface area (Å²) in [5.74, 6) is 0.750. The van der Waals surface area contributed by atoms with Crippen LogP contribution in [0.2, 0.25) is 0 Å². The van der Waals surface area contributed by atoms with Crippen LogP contribution in [0.25, 0.3) is 0 Å². The Morgan fingerprint density at radius 2 is 1.95 bits per heavy atom. The van der Waals surface area contributed by atoms with Gasteiger partial charge in [-0.2, -0.15) is 0 Å². The average Bonchev–Trinajstić information content (AvgIpc) is 3.16. The van der Waals surface area contributed by atoms with E-state index in [0.29, 0.717) is 12.6 Å². The quantitative estimate of drug-likeness (QED) is 0.786. The Labute approximate surface area is 117 Å². The largest absolute Gasteiger partial charge is 0.389 e. The fourth-order valence-electron chi connectivity index (χ4n) is 2.72. The summed E-state index contributed by atoms with van der Waals surface area (Å²) in [6.07, 6.45) is 4.49. The lowest BCUT2D eigenvalue weighted by atomic mass is 9.97. The Morgan fingerprint density at radius 3 is 2.47 bits per heavy atom. The van der Waals surface area contributed by atoms with Crippen LogP contribution in [0.1, 0.15) is 56.7 Å². The molecule has 1 saturated carbocycles. The van der Waals surface area contributed by atoms with Crippen LogP contribution in [0.4, 0.5) is 0 Å². The minimum absolute atomic E-state index is 0.406. The molecule has 0 bridgehead atoms. The standard InChI is InChI=1S/C17H27NO/c1-4-11-17(3,19)12-18-16(15-9-10-15)14-7-5-13(2)6-8-14/h5-8,15-16,18-19H,4,9-12H2,1-3H3. The molecule has 106 valence electrons. The van der Waals surface area contributed by atoms with Crippen LogP contribution in [0, 0.1) is 12.8 Å². The molecule has 2 unspecified atom stereocenters. The second-order valence-electron chi connectivity index (χ2n) is 6.35. The molecule has 0 amide bonds. The van der Waals surface area contributed by atoms with E-state index >= 15 is 0 Å². The third-order valence-corrected chi connectivity index (χ3v) is 4.02. The van der Waals surface area contributed by atoms with Gasteiger partial charge in [-0.1, -0.05) is 43.2 Å². The van der Waals surface area contributed by atoms with Gasteiger partial charge >= 0.3 is 0 Å². The molecule has 0 aliphatic heterocycles. The summed E-state index contributed by atoms with van der Waals surface area (Å²) in [4.78, 5) is 0. The molecule has 1 aliphatic rings. The van der Waals surface area contributed by atoms with Gasteiger partial charge in [0.05, 0.1) is 5.60 Å². The van der Waals surface area contributed by atoms with E-state index in [1.807, 2.05) is 6.92 Å². The zero-order valence-electron chi connectivity index (χ0n) is 12.4. The third-order valence-electron chi connectivity index (χ3n) is 4.02. The Hall–Kier alpha value is -0.860. The number of hydrogen-bond acceptors (Lipinski definition) is 2. The first-order valence-corrected chi connectivity index (χ1v) is 7.54. The van der Waals surface area contributed by atoms with Gasteiger partial charge in [-0.05, 0) is 44.6 Å². The number of nitrogens with one attached hydrogen (secondary N) is 1. The Morgan fingerprint density at radius 1 is 1.32 bits per heavy atom. The fraction of sp³-hybridized carbons (Fsp3) is 0.647. The Kier molecular flexibility index (Phi) is 4.64. The number of benzene rings is 1. The summed E-state index contributed by atoms with van der Waals surface area (Å²) < 4.78 is 0. The van der Waals surface area contributed by atoms with Gasteiger partial charge in [0.25, 0.3) is 0 Å². The highest BCUT2D eigenvalue weighted by Crippen LogP contribution is 2.41. The van der Waals surface area contributed by atoms with Crippen LogP contribution in [-0.2, 0) is 0 Å². The molecule has 2 N–H and O–H groups in total. The second-order valence-corrected chi connectivity index (χ2v) is 6.35. The van der Waals surface area contributed by atoms with Crippen molar-refractivity contribution < 1.29 is 5.11 Å². The van der Waals surface area contributed by atoms with Crippen molar-refractivity contribution in [1.29, 1.82) is 0 Å². The highest BCUT2D eigenvalue weighted by molar-refractivity contribution is 5.25. The van der Waals surface area contributed by atoms with Crippen molar-refractivity contribution >= 4 is 0 Å². The molecule has 0 spiro atoms. The van der Waals surface area contributed by atoms with Crippen LogP contribution >= 0.6 is 0 Å². The van der Waals surface area contributed by atoms with Gasteiger partial charge in [0.1, 0.15) is 0 Å². The van der Waals surface area contributed by atoms with Crippen molar-refractivity contribution in [2.24, 2.45) is 5.92 Å². The maximum absolute atomic E-state index is 10.3. The summed E-state index contributed by atoms with van der Waals surface area (Å²) in [6.45, 7) is 6.85. The first-order valence-electron chi connectivity index (χ1n) is 7.54. The Bertz CT molecular complexity index is 392. The molecule has 2 heteroatoms. The van der Waals surface area contributed by atoms with Crippen LogP contribution in [0.5, 0.6) is 0 Å². The molecule has 0 radical (unpaired) electrons. The van der Waals surface area contributed by atoms with Crippen LogP contribution in [0.15, 0.2) is 24.3 Å². The highest BCUT2D eigenvalue weighted by atomic mass is 16.3. The van der Waals surface area contributed by atoms with Crippen molar-refractivity contribution in [3.63, 3.8) is 0 Å². The summed E-state index contributed by atoms with van der Waals surface area (Å²) in [7, 11) is 0. The minimum atomic E-state index is -0.591. The number of rotatable bonds is 7. The van der Waals surface area contributed by atoms with Crippen LogP contribution in [-0.4, -0.2) is 17.3 Å². The average molecular weight is 261 g/mol. The molecule has 0 saturated heterocycles. The zero-order valence-corrected chi connectivity index (χ0v) is 12.4. The van der Waals surface area contributed by atoms with Crippen molar-refractivity contribution in [3.05, 3.63) is 35.4 Å². The molecule has 2 rings (SSSR count). The topological polar surface area (TPSA) is 32.3 Å². The molecule has 2 nitrogen and oxygen atoms in total. The molecule has 19 heavy (non-hydrogen) atoms. The van der Waals surface area contributed by atoms with E-state index in [0.717, 1.165) is 18.8 Å². The molecular formula is C17H27NO. The van der Waals surface area contributed by atoms with Crippen molar-refractivity contribution in [2.45, 2.75) is 58.1 Å². The van der Waals surface area contributed by atoms with Gasteiger partial charge in [-0.15, -0.1) is 0 Å². The van der Waals surface area contributed by atoms with Gasteiger partial charge in [0, 0.05) is 12.6 Å². The molecule has 0 heterocycles. The summed E-state index contributed by atoms with van der Waals surface area (Å²) in [5.41, 5.74) is 2.07. The van der Waals surface area contributed by atoms with E-state index in [4.69, 9.17) is 0 Å². The lowest BCUT2D eigenvalue weighted by Crippen LogP contribution is -2.39. The number of aliphatic hydroxyl groups is 1. The zero-order chi connectivity index (χ0) is 13.9. The van der Waals surface area contributed by atoms with Gasteiger partial charge in [-0.3, -0.25) is 0 Å². The predicted molar refractivity (Wildman–Crippen MR) is 80.2 cm³/mol. The molecule has 1 aromatic rings. The predicted octanol–water partition coefficient (Wildman–Crippen LogP) is 3.59. The van der Waals surface area contributed by atoms with E-state index in [9.17, 15) is 5.11 Å². The SMILES string of the molecule is CCCC(C)(O)CNC(c1ccc(C)cc1)C1CC1. The summed E-state index contributed by atoms with van der Waals surface area (Å²) in [6, 6.07) is 9.20. The van der Waals surface area contributed by atoms with E-state index in [1.54, 1.807) is 0 Å². The molecular weight excluding hydrogens is 234 g/mol. The van der Waals surface area contributed by atoms with Gasteiger partial charge in [-0.25, -0.2) is 0 Å². The lowest BCUT2D eigenvalue weighted by Gasteiger charge is -2.27. The summed E-state index contributed by atoms with van der Waals surface area (Å²) in [5, 5.41) is 13.9. The monoisotopic (exact) mass is 261 g/mol. The maximum Gasteiger partial charge on any atom is 0.0743 e. The van der Waals surface area contributed by atoms with Crippen molar-refractivity contribution in [3.8, 4) is 0 Å². The number of aryl methyl sites for hydroxylation is 1. The van der Waals surface area contributed by atoms with E-state index in [-0.39, 0.29) is 0 Å². The van der Waals surface area contributed by atoms with Gasteiger partial charge in [0.15, 0.2) is 0 Å². The van der Waals surface area contributed by atoms with E-state index < -0.39 is 5.60 Å². The highest BCUT2D eigenvalue weighted by Gasteiger charge is 2.33. The first-order chi connectivity index (χ1) is 9.02. The molecule has 1 aromatic carbocycles. The minimum Gasteiger partial charge on any atom is -0.389 e. The normalized spacial score (nSPS) is 20.0. The second kappa shape index (κ2) is 6.06. The van der Waals surface area contributed by atoms with E-state index in [1.165, 1.54) is 24.0 Å². The maximum atomic E-state index is 10.3. The first kappa shape index (κ1) is 14.5. The summed E-state index contributed by atoms with van der Waals surface area (Å²) >= 11 is 0. The third kappa shape index (κ3) is 4.32. The Balaban J connectivity index is 1.99. The van der Waals surface area contributed by atoms with Gasteiger partial charge in [0.2, 0.25) is 0 Å². The van der Waals surface area contributed by atoms with Gasteiger partial charge < -0.3 is 10.4 Å². The molecule has 1 fully saturated rings. The lowest BCUT2D eigenvalue weighted by molar-refractivity contribution is 0.0463. The van der Waals surface area contributed by atoms with Crippen LogP contribution < -0.4 is 5.32 Å². The van der Waals surface area contributed by atoms with Crippen molar-refractivity contribution in [1.82, 2.24) is 5.32 Å². The fourth-order valence-corrected chi connectivity index (χ4v) is 2.72. The van der Waals surface area contributed by atoms with Crippen LogP contribution in [0.3, 0.4) is 0 Å². The van der Waals surface area contributed by atoms with E-state index in [2.05, 4.69) is 43.4 Å². The molecule has 0 aromatic heterocycles. The van der Waals surface area contributed by atoms with Crippen molar-refractivity contribution in [2.75, 3.05) is 6.54 Å². The molecule has 1 aliphatic carbocycles. The smallest absolute Gasteiger partial charge is 0.0743 e. The number of hydrogen-bond donors (Lipinski definition) is 2.